The summed E-state index contributed by atoms with van der Waals surface area (Å²) in [6.07, 6.45) is 1.39. The molecule has 0 aliphatic carbocycles. The molecule has 0 aromatic carbocycles. The van der Waals surface area contributed by atoms with Gasteiger partial charge in [0.1, 0.15) is 24.0 Å². The van der Waals surface area contributed by atoms with E-state index in [0.717, 1.165) is 5.56 Å². The van der Waals surface area contributed by atoms with E-state index in [1.165, 1.54) is 6.33 Å². The molecule has 0 fully saturated rings. The number of likely N-dealkylation sites (N-methyl/N-ethyl adjacent to an activating group) is 1. The van der Waals surface area contributed by atoms with E-state index in [9.17, 15) is 4.79 Å². The maximum Gasteiger partial charge on any atom is 0.244 e. The lowest BCUT2D eigenvalue weighted by Crippen LogP contribution is -2.41. The highest BCUT2D eigenvalue weighted by atomic mass is 16.2. The van der Waals surface area contributed by atoms with Gasteiger partial charge in [-0.05, 0) is 27.7 Å². The summed E-state index contributed by atoms with van der Waals surface area (Å²) < 4.78 is 0. The van der Waals surface area contributed by atoms with E-state index in [1.807, 2.05) is 27.7 Å². The minimum absolute atomic E-state index is 0.0524. The summed E-state index contributed by atoms with van der Waals surface area (Å²) in [5.41, 5.74) is 6.46. The van der Waals surface area contributed by atoms with Crippen molar-refractivity contribution in [2.24, 2.45) is 0 Å². The van der Waals surface area contributed by atoms with Gasteiger partial charge in [0.05, 0.1) is 0 Å². The molecule has 1 aromatic heterocycles. The van der Waals surface area contributed by atoms with Crippen molar-refractivity contribution in [3.63, 3.8) is 0 Å². The number of carbonyl (C=O) groups is 1. The number of hydrogen-bond acceptors (Lipinski definition) is 5. The molecule has 1 rings (SSSR count). The Kier molecular flexibility index (Phi) is 4.88. The average Bonchev–Trinajstić information content (AvgIpc) is 2.36. The fourth-order valence-electron chi connectivity index (χ4n) is 1.69. The Hall–Kier alpha value is -1.85. The molecule has 1 heterocycles. The second kappa shape index (κ2) is 6.18. The molecule has 0 aliphatic heterocycles. The van der Waals surface area contributed by atoms with Crippen molar-refractivity contribution >= 4 is 17.5 Å². The van der Waals surface area contributed by atoms with Gasteiger partial charge in [0.15, 0.2) is 0 Å². The Morgan fingerprint density at radius 1 is 1.44 bits per heavy atom. The Balaban J connectivity index is 2.78. The third kappa shape index (κ3) is 3.09. The van der Waals surface area contributed by atoms with E-state index in [-0.39, 0.29) is 11.9 Å². The zero-order valence-corrected chi connectivity index (χ0v) is 11.4. The van der Waals surface area contributed by atoms with Crippen LogP contribution >= 0.6 is 0 Å². The third-order valence-electron chi connectivity index (χ3n) is 2.92. The van der Waals surface area contributed by atoms with Gasteiger partial charge in [-0.25, -0.2) is 9.97 Å². The minimum atomic E-state index is -0.335. The highest BCUT2D eigenvalue weighted by Gasteiger charge is 2.19. The molecule has 0 saturated carbocycles. The van der Waals surface area contributed by atoms with Gasteiger partial charge in [-0.15, -0.1) is 0 Å². The van der Waals surface area contributed by atoms with Gasteiger partial charge >= 0.3 is 0 Å². The number of carbonyl (C=O) groups excluding carboxylic acids is 1. The standard InChI is InChI=1S/C12H21N5O/c1-5-17(6-2)12(18)9(4)16-11-8(3)10(13)14-7-15-11/h7,9H,5-6H2,1-4H3,(H3,13,14,15,16). The van der Waals surface area contributed by atoms with Gasteiger partial charge in [-0.3, -0.25) is 4.79 Å². The quantitative estimate of drug-likeness (QED) is 0.816. The molecule has 6 heteroatoms. The second-order valence-electron chi connectivity index (χ2n) is 4.11. The lowest BCUT2D eigenvalue weighted by atomic mass is 10.2. The molecule has 1 amide bonds. The minimum Gasteiger partial charge on any atom is -0.383 e. The van der Waals surface area contributed by atoms with Crippen LogP contribution in [0.25, 0.3) is 0 Å². The molecule has 0 saturated heterocycles. The normalized spacial score (nSPS) is 12.0. The van der Waals surface area contributed by atoms with Gasteiger partial charge in [0.25, 0.3) is 0 Å². The number of hydrogen-bond donors (Lipinski definition) is 2. The SMILES string of the molecule is CCN(CC)C(=O)C(C)Nc1ncnc(N)c1C. The first kappa shape index (κ1) is 14.2. The summed E-state index contributed by atoms with van der Waals surface area (Å²) in [5, 5.41) is 3.08. The van der Waals surface area contributed by atoms with E-state index in [0.29, 0.717) is 24.7 Å². The topological polar surface area (TPSA) is 84.1 Å². The van der Waals surface area contributed by atoms with Crippen molar-refractivity contribution in [2.45, 2.75) is 33.7 Å². The second-order valence-corrected chi connectivity index (χ2v) is 4.11. The molecular formula is C12H21N5O. The van der Waals surface area contributed by atoms with Crippen LogP contribution in [-0.4, -0.2) is 39.9 Å². The molecule has 0 spiro atoms. The smallest absolute Gasteiger partial charge is 0.244 e. The van der Waals surface area contributed by atoms with E-state index >= 15 is 0 Å². The van der Waals surface area contributed by atoms with Crippen LogP contribution in [0.15, 0.2) is 6.33 Å². The number of nitrogen functional groups attached to an aromatic ring is 1. The van der Waals surface area contributed by atoms with Crippen LogP contribution in [0.4, 0.5) is 11.6 Å². The number of nitrogens with zero attached hydrogens (tertiary/aromatic N) is 3. The van der Waals surface area contributed by atoms with Crippen LogP contribution in [0.3, 0.4) is 0 Å². The molecule has 6 nitrogen and oxygen atoms in total. The molecule has 0 bridgehead atoms. The molecule has 1 aromatic rings. The van der Waals surface area contributed by atoms with Gasteiger partial charge < -0.3 is 16.0 Å². The average molecular weight is 251 g/mol. The van der Waals surface area contributed by atoms with Crippen LogP contribution in [0.5, 0.6) is 0 Å². The fourth-order valence-corrected chi connectivity index (χ4v) is 1.69. The number of rotatable bonds is 5. The van der Waals surface area contributed by atoms with Crippen molar-refractivity contribution in [3.05, 3.63) is 11.9 Å². The van der Waals surface area contributed by atoms with Gasteiger partial charge in [-0.1, -0.05) is 0 Å². The predicted octanol–water partition coefficient (Wildman–Crippen LogP) is 1.04. The summed E-state index contributed by atoms with van der Waals surface area (Å²) in [5.74, 6) is 1.09. The molecule has 1 unspecified atom stereocenters. The van der Waals surface area contributed by atoms with Crippen molar-refractivity contribution < 1.29 is 4.79 Å². The zero-order valence-electron chi connectivity index (χ0n) is 11.4. The summed E-state index contributed by atoms with van der Waals surface area (Å²) in [7, 11) is 0. The monoisotopic (exact) mass is 251 g/mol. The summed E-state index contributed by atoms with van der Waals surface area (Å²) in [6.45, 7) is 8.97. The van der Waals surface area contributed by atoms with Crippen LogP contribution in [0, 0.1) is 6.92 Å². The lowest BCUT2D eigenvalue weighted by Gasteiger charge is -2.24. The van der Waals surface area contributed by atoms with Crippen LogP contribution in [0.1, 0.15) is 26.3 Å². The zero-order chi connectivity index (χ0) is 13.7. The maximum absolute atomic E-state index is 12.1. The molecule has 0 radical (unpaired) electrons. The predicted molar refractivity (Wildman–Crippen MR) is 72.2 cm³/mol. The Bertz CT molecular complexity index is 417. The lowest BCUT2D eigenvalue weighted by molar-refractivity contribution is -0.131. The molecule has 100 valence electrons. The number of amides is 1. The van der Waals surface area contributed by atoms with Crippen LogP contribution < -0.4 is 11.1 Å². The first-order chi connectivity index (χ1) is 8.51. The Morgan fingerprint density at radius 2 is 2.06 bits per heavy atom. The number of aromatic nitrogens is 2. The van der Waals surface area contributed by atoms with Crippen molar-refractivity contribution in [1.29, 1.82) is 0 Å². The Labute approximate surface area is 108 Å². The number of nitrogens with one attached hydrogen (secondary N) is 1. The largest absolute Gasteiger partial charge is 0.383 e. The van der Waals surface area contributed by atoms with E-state index in [1.54, 1.807) is 4.90 Å². The van der Waals surface area contributed by atoms with E-state index in [2.05, 4.69) is 15.3 Å². The first-order valence-corrected chi connectivity index (χ1v) is 6.13. The van der Waals surface area contributed by atoms with Gasteiger partial charge in [-0.2, -0.15) is 0 Å². The van der Waals surface area contributed by atoms with Gasteiger partial charge in [0.2, 0.25) is 5.91 Å². The highest BCUT2D eigenvalue weighted by molar-refractivity contribution is 5.84. The number of anilines is 2. The fraction of sp³-hybridized carbons (Fsp3) is 0.583. The molecule has 0 aliphatic rings. The molecular weight excluding hydrogens is 230 g/mol. The van der Waals surface area contributed by atoms with E-state index < -0.39 is 0 Å². The first-order valence-electron chi connectivity index (χ1n) is 6.13. The summed E-state index contributed by atoms with van der Waals surface area (Å²) in [6, 6.07) is -0.335. The third-order valence-corrected chi connectivity index (χ3v) is 2.92. The van der Waals surface area contributed by atoms with Crippen molar-refractivity contribution in [1.82, 2.24) is 14.9 Å². The van der Waals surface area contributed by atoms with Crippen LogP contribution in [-0.2, 0) is 4.79 Å². The maximum atomic E-state index is 12.1. The molecule has 3 N–H and O–H groups in total. The van der Waals surface area contributed by atoms with Crippen molar-refractivity contribution in [2.75, 3.05) is 24.1 Å². The highest BCUT2D eigenvalue weighted by Crippen LogP contribution is 2.16. The van der Waals surface area contributed by atoms with E-state index in [4.69, 9.17) is 5.73 Å². The number of nitrogens with two attached hydrogens (primary N) is 1. The molecule has 1 atom stereocenters. The summed E-state index contributed by atoms with van der Waals surface area (Å²) in [4.78, 5) is 21.9. The molecule has 18 heavy (non-hydrogen) atoms. The van der Waals surface area contributed by atoms with Gasteiger partial charge in [0, 0.05) is 18.7 Å². The van der Waals surface area contributed by atoms with Crippen LogP contribution in [0.2, 0.25) is 0 Å². The van der Waals surface area contributed by atoms with Crippen molar-refractivity contribution in [3.8, 4) is 0 Å². The Morgan fingerprint density at radius 3 is 2.61 bits per heavy atom. The summed E-state index contributed by atoms with van der Waals surface area (Å²) >= 11 is 0.